The number of rotatable bonds is 3. The van der Waals surface area contributed by atoms with Crippen LogP contribution in [-0.2, 0) is 5.41 Å². The Labute approximate surface area is 135 Å². The topological polar surface area (TPSA) is 24.1 Å². The third-order valence-corrected chi connectivity index (χ3v) is 3.44. The second kappa shape index (κ2) is 6.04. The van der Waals surface area contributed by atoms with Crippen LogP contribution in [0.5, 0.6) is 0 Å². The Balaban J connectivity index is 2.05. The largest absolute Gasteiger partial charge is 0.380 e. The van der Waals surface area contributed by atoms with Gasteiger partial charge >= 0.3 is 0 Å². The Kier molecular flexibility index (Phi) is 4.50. The molecule has 0 heterocycles. The van der Waals surface area contributed by atoms with Crippen molar-refractivity contribution in [2.45, 2.75) is 52.5 Å². The highest BCUT2D eigenvalue weighted by molar-refractivity contribution is 5.63. The molecule has 0 saturated heterocycles. The Morgan fingerprint density at radius 1 is 0.591 bits per heavy atom. The van der Waals surface area contributed by atoms with E-state index in [0.29, 0.717) is 0 Å². The van der Waals surface area contributed by atoms with Crippen LogP contribution in [0.3, 0.4) is 0 Å². The first-order valence-electron chi connectivity index (χ1n) is 7.89. The molecule has 0 amide bonds. The summed E-state index contributed by atoms with van der Waals surface area (Å²) in [5.41, 5.74) is 4.98. The van der Waals surface area contributed by atoms with Crippen molar-refractivity contribution < 1.29 is 0 Å². The number of hydrogen-bond donors (Lipinski definition) is 2. The predicted octanol–water partition coefficient (Wildman–Crippen LogP) is 5.94. The normalized spacial score (nSPS) is 12.1. The first kappa shape index (κ1) is 16.4. The molecule has 2 nitrogen and oxygen atoms in total. The molecule has 2 aromatic rings. The number of anilines is 3. The summed E-state index contributed by atoms with van der Waals surface area (Å²) in [4.78, 5) is 0. The smallest absolute Gasteiger partial charge is 0.0385 e. The van der Waals surface area contributed by atoms with E-state index in [0.717, 1.165) is 17.1 Å². The van der Waals surface area contributed by atoms with E-state index in [-0.39, 0.29) is 11.0 Å². The molecular weight excluding hydrogens is 268 g/mol. The summed E-state index contributed by atoms with van der Waals surface area (Å²) < 4.78 is 0. The quantitative estimate of drug-likeness (QED) is 0.732. The second-order valence-corrected chi connectivity index (χ2v) is 7.90. The van der Waals surface area contributed by atoms with Crippen molar-refractivity contribution in [1.29, 1.82) is 0 Å². The van der Waals surface area contributed by atoms with Gasteiger partial charge in [-0.2, -0.15) is 0 Å². The van der Waals surface area contributed by atoms with Gasteiger partial charge in [-0.1, -0.05) is 32.9 Å². The summed E-state index contributed by atoms with van der Waals surface area (Å²) in [5, 5.41) is 6.91. The Morgan fingerprint density at radius 2 is 1.00 bits per heavy atom. The van der Waals surface area contributed by atoms with Gasteiger partial charge in [0.1, 0.15) is 0 Å². The lowest BCUT2D eigenvalue weighted by molar-refractivity contribution is 0.590. The molecule has 0 aliphatic carbocycles. The third kappa shape index (κ3) is 4.80. The zero-order chi connectivity index (χ0) is 16.4. The monoisotopic (exact) mass is 296 g/mol. The summed E-state index contributed by atoms with van der Waals surface area (Å²) in [6, 6.07) is 17.1. The molecule has 0 unspecified atom stereocenters. The van der Waals surface area contributed by atoms with Crippen LogP contribution in [0, 0.1) is 0 Å². The molecule has 2 aromatic carbocycles. The van der Waals surface area contributed by atoms with Crippen molar-refractivity contribution in [3.63, 3.8) is 0 Å². The van der Waals surface area contributed by atoms with Crippen molar-refractivity contribution >= 4 is 17.1 Å². The SMILES string of the molecule is CC(C)(C)Nc1ccc(Nc2ccc(C(C)(C)C)cc2)cc1. The third-order valence-electron chi connectivity index (χ3n) is 3.44. The van der Waals surface area contributed by atoms with E-state index in [1.807, 2.05) is 0 Å². The van der Waals surface area contributed by atoms with E-state index in [9.17, 15) is 0 Å². The molecule has 0 aromatic heterocycles. The van der Waals surface area contributed by atoms with Crippen LogP contribution in [0.25, 0.3) is 0 Å². The lowest BCUT2D eigenvalue weighted by Crippen LogP contribution is -2.25. The molecule has 0 aliphatic heterocycles. The average Bonchev–Trinajstić information content (AvgIpc) is 2.39. The fraction of sp³-hybridized carbons (Fsp3) is 0.400. The fourth-order valence-electron chi connectivity index (χ4n) is 2.29. The predicted molar refractivity (Wildman–Crippen MR) is 98.2 cm³/mol. The summed E-state index contributed by atoms with van der Waals surface area (Å²) in [5.74, 6) is 0. The van der Waals surface area contributed by atoms with Crippen LogP contribution in [0.1, 0.15) is 47.1 Å². The summed E-state index contributed by atoms with van der Waals surface area (Å²) in [6.45, 7) is 13.2. The number of benzene rings is 2. The molecule has 0 bridgehead atoms. The lowest BCUT2D eigenvalue weighted by Gasteiger charge is -2.22. The van der Waals surface area contributed by atoms with Gasteiger partial charge < -0.3 is 10.6 Å². The summed E-state index contributed by atoms with van der Waals surface area (Å²) in [7, 11) is 0. The molecule has 118 valence electrons. The van der Waals surface area contributed by atoms with Crippen LogP contribution in [0.15, 0.2) is 48.5 Å². The first-order chi connectivity index (χ1) is 10.1. The average molecular weight is 296 g/mol. The van der Waals surface area contributed by atoms with E-state index in [4.69, 9.17) is 0 Å². The van der Waals surface area contributed by atoms with Crippen LogP contribution < -0.4 is 10.6 Å². The molecule has 22 heavy (non-hydrogen) atoms. The van der Waals surface area contributed by atoms with Gasteiger partial charge in [0.2, 0.25) is 0 Å². The number of nitrogens with one attached hydrogen (secondary N) is 2. The van der Waals surface area contributed by atoms with Crippen molar-refractivity contribution in [2.75, 3.05) is 10.6 Å². The van der Waals surface area contributed by atoms with Gasteiger partial charge in [0.25, 0.3) is 0 Å². The minimum Gasteiger partial charge on any atom is -0.380 e. The highest BCUT2D eigenvalue weighted by Gasteiger charge is 2.12. The Morgan fingerprint density at radius 3 is 1.41 bits per heavy atom. The van der Waals surface area contributed by atoms with Gasteiger partial charge in [-0.3, -0.25) is 0 Å². The molecule has 2 heteroatoms. The van der Waals surface area contributed by atoms with Crippen LogP contribution >= 0.6 is 0 Å². The zero-order valence-corrected chi connectivity index (χ0v) is 14.6. The minimum atomic E-state index is 0.0811. The van der Waals surface area contributed by atoms with E-state index in [1.165, 1.54) is 5.56 Å². The fourth-order valence-corrected chi connectivity index (χ4v) is 2.29. The standard InChI is InChI=1S/C20H28N2/c1-19(2,3)15-7-9-16(10-8-15)21-17-11-13-18(14-12-17)22-20(4,5)6/h7-14,21-22H,1-6H3. The van der Waals surface area contributed by atoms with E-state index in [1.54, 1.807) is 0 Å². The van der Waals surface area contributed by atoms with Crippen LogP contribution in [-0.4, -0.2) is 5.54 Å². The molecule has 0 aliphatic rings. The number of hydrogen-bond acceptors (Lipinski definition) is 2. The van der Waals surface area contributed by atoms with Gasteiger partial charge in [0.05, 0.1) is 0 Å². The van der Waals surface area contributed by atoms with Crippen molar-refractivity contribution in [3.05, 3.63) is 54.1 Å². The van der Waals surface area contributed by atoms with Crippen LogP contribution in [0.2, 0.25) is 0 Å². The van der Waals surface area contributed by atoms with Crippen molar-refractivity contribution in [3.8, 4) is 0 Å². The molecular formula is C20H28N2. The maximum absolute atomic E-state index is 3.47. The molecule has 2 N–H and O–H groups in total. The highest BCUT2D eigenvalue weighted by Crippen LogP contribution is 2.25. The molecule has 2 rings (SSSR count). The minimum absolute atomic E-state index is 0.0811. The summed E-state index contributed by atoms with van der Waals surface area (Å²) in [6.07, 6.45) is 0. The Bertz CT molecular complexity index is 596. The van der Waals surface area contributed by atoms with E-state index < -0.39 is 0 Å². The van der Waals surface area contributed by atoms with Gasteiger partial charge in [0, 0.05) is 22.6 Å². The first-order valence-corrected chi connectivity index (χ1v) is 7.89. The molecule has 0 spiro atoms. The maximum Gasteiger partial charge on any atom is 0.0385 e. The molecule has 0 saturated carbocycles. The molecule has 0 atom stereocenters. The van der Waals surface area contributed by atoms with Crippen molar-refractivity contribution in [1.82, 2.24) is 0 Å². The summed E-state index contributed by atoms with van der Waals surface area (Å²) >= 11 is 0. The van der Waals surface area contributed by atoms with Gasteiger partial charge in [-0.15, -0.1) is 0 Å². The highest BCUT2D eigenvalue weighted by atomic mass is 14.9. The van der Waals surface area contributed by atoms with Gasteiger partial charge in [-0.05, 0) is 68.1 Å². The van der Waals surface area contributed by atoms with Crippen LogP contribution in [0.4, 0.5) is 17.1 Å². The lowest BCUT2D eigenvalue weighted by atomic mass is 9.87. The molecule has 0 radical (unpaired) electrons. The maximum atomic E-state index is 3.47. The molecule has 0 fully saturated rings. The van der Waals surface area contributed by atoms with E-state index >= 15 is 0 Å². The Hall–Kier alpha value is -1.96. The zero-order valence-electron chi connectivity index (χ0n) is 14.6. The van der Waals surface area contributed by atoms with Crippen molar-refractivity contribution in [2.24, 2.45) is 0 Å². The second-order valence-electron chi connectivity index (χ2n) is 7.90. The van der Waals surface area contributed by atoms with E-state index in [2.05, 4.69) is 101 Å². The van der Waals surface area contributed by atoms with Gasteiger partial charge in [0.15, 0.2) is 0 Å². The van der Waals surface area contributed by atoms with Gasteiger partial charge in [-0.25, -0.2) is 0 Å².